The van der Waals surface area contributed by atoms with E-state index in [9.17, 15) is 4.79 Å². The molecule has 0 aliphatic carbocycles. The summed E-state index contributed by atoms with van der Waals surface area (Å²) in [5.74, 6) is 0.604. The number of nitrogens with one attached hydrogen (secondary N) is 1. The number of nitrogens with zero attached hydrogens (tertiary/aromatic N) is 2. The van der Waals surface area contributed by atoms with E-state index in [4.69, 9.17) is 11.6 Å². The Morgan fingerprint density at radius 2 is 2.20 bits per heavy atom. The average molecular weight is 288 g/mol. The summed E-state index contributed by atoms with van der Waals surface area (Å²) in [6, 6.07) is 8.08. The van der Waals surface area contributed by atoms with Crippen LogP contribution in [0.3, 0.4) is 0 Å². The van der Waals surface area contributed by atoms with Crippen LogP contribution < -0.4 is 10.2 Å². The fourth-order valence-electron chi connectivity index (χ4n) is 3.32. The van der Waals surface area contributed by atoms with Gasteiger partial charge in [-0.25, -0.2) is 0 Å². The SMILES string of the molecule is O=C1C[C@H]2CN(c3ccnc4ccc(Cl)cc34)C[C@H]2N1. The molecule has 4 rings (SSSR count). The minimum Gasteiger partial charge on any atom is -0.368 e. The molecule has 2 aromatic rings. The van der Waals surface area contributed by atoms with Crippen LogP contribution in [0.15, 0.2) is 30.5 Å². The molecule has 2 saturated heterocycles. The van der Waals surface area contributed by atoms with E-state index in [0.29, 0.717) is 12.3 Å². The molecule has 102 valence electrons. The molecule has 2 aliphatic heterocycles. The quantitative estimate of drug-likeness (QED) is 0.875. The molecular weight excluding hydrogens is 274 g/mol. The average Bonchev–Trinajstić information content (AvgIpc) is 2.95. The molecule has 3 heterocycles. The predicted octanol–water partition coefficient (Wildman–Crippen LogP) is 2.21. The van der Waals surface area contributed by atoms with Gasteiger partial charge in [0.25, 0.3) is 0 Å². The molecule has 1 aromatic heterocycles. The van der Waals surface area contributed by atoms with E-state index in [1.165, 1.54) is 0 Å². The first-order valence-corrected chi connectivity index (χ1v) is 7.17. The highest BCUT2D eigenvalue weighted by Crippen LogP contribution is 2.34. The first-order valence-electron chi connectivity index (χ1n) is 6.79. The maximum absolute atomic E-state index is 11.4. The number of carbonyl (C=O) groups excluding carboxylic acids is 1. The Balaban J connectivity index is 1.73. The number of pyridine rings is 1. The van der Waals surface area contributed by atoms with Crippen LogP contribution in [0.1, 0.15) is 6.42 Å². The van der Waals surface area contributed by atoms with Crippen LogP contribution in [0, 0.1) is 5.92 Å². The Morgan fingerprint density at radius 3 is 3.05 bits per heavy atom. The van der Waals surface area contributed by atoms with E-state index in [2.05, 4.69) is 15.2 Å². The van der Waals surface area contributed by atoms with Crippen LogP contribution in [-0.4, -0.2) is 30.0 Å². The standard InChI is InChI=1S/C15H14ClN3O/c16-10-1-2-12-11(6-10)14(3-4-17-12)19-7-9-5-15(20)18-13(9)8-19/h1-4,6,9,13H,5,7-8H2,(H,18,20)/t9-,13+/m0/s1. The number of rotatable bonds is 1. The highest BCUT2D eigenvalue weighted by Gasteiger charge is 2.40. The summed E-state index contributed by atoms with van der Waals surface area (Å²) in [7, 11) is 0. The molecule has 2 atom stereocenters. The molecule has 0 bridgehead atoms. The van der Waals surface area contributed by atoms with Crippen molar-refractivity contribution in [3.8, 4) is 0 Å². The molecule has 5 heteroatoms. The van der Waals surface area contributed by atoms with Crippen molar-refractivity contribution in [2.24, 2.45) is 5.92 Å². The van der Waals surface area contributed by atoms with Crippen molar-refractivity contribution in [2.45, 2.75) is 12.5 Å². The van der Waals surface area contributed by atoms with Gasteiger partial charge in [0.1, 0.15) is 0 Å². The van der Waals surface area contributed by atoms with Crippen molar-refractivity contribution < 1.29 is 4.79 Å². The molecule has 0 unspecified atom stereocenters. The smallest absolute Gasteiger partial charge is 0.220 e. The van der Waals surface area contributed by atoms with Crippen molar-refractivity contribution in [2.75, 3.05) is 18.0 Å². The zero-order valence-electron chi connectivity index (χ0n) is 10.8. The van der Waals surface area contributed by atoms with E-state index in [-0.39, 0.29) is 11.9 Å². The normalized spacial score (nSPS) is 25.1. The fourth-order valence-corrected chi connectivity index (χ4v) is 3.49. The first-order chi connectivity index (χ1) is 9.70. The number of carbonyl (C=O) groups is 1. The van der Waals surface area contributed by atoms with Crippen LogP contribution >= 0.6 is 11.6 Å². The number of hydrogen-bond acceptors (Lipinski definition) is 3. The van der Waals surface area contributed by atoms with E-state index in [0.717, 1.165) is 34.7 Å². The van der Waals surface area contributed by atoms with Gasteiger partial charge in [0.05, 0.1) is 11.6 Å². The van der Waals surface area contributed by atoms with E-state index >= 15 is 0 Å². The second-order valence-corrected chi connectivity index (χ2v) is 5.97. The topological polar surface area (TPSA) is 45.2 Å². The number of amides is 1. The summed E-state index contributed by atoms with van der Waals surface area (Å²) in [6.07, 6.45) is 2.48. The Hall–Kier alpha value is -1.81. The van der Waals surface area contributed by atoms with Gasteiger partial charge in [-0.05, 0) is 24.3 Å². The van der Waals surface area contributed by atoms with E-state index in [1.807, 2.05) is 30.5 Å². The Kier molecular flexibility index (Phi) is 2.60. The molecule has 2 aliphatic rings. The Morgan fingerprint density at radius 1 is 1.30 bits per heavy atom. The third-order valence-electron chi connectivity index (χ3n) is 4.26. The zero-order valence-corrected chi connectivity index (χ0v) is 11.6. The monoisotopic (exact) mass is 287 g/mol. The molecule has 1 amide bonds. The Labute approximate surface area is 121 Å². The van der Waals surface area contributed by atoms with Gasteiger partial charge in [0.2, 0.25) is 5.91 Å². The van der Waals surface area contributed by atoms with E-state index in [1.54, 1.807) is 0 Å². The molecule has 0 radical (unpaired) electrons. The molecular formula is C15H14ClN3O. The van der Waals surface area contributed by atoms with Crippen LogP contribution in [0.2, 0.25) is 5.02 Å². The maximum atomic E-state index is 11.4. The molecule has 20 heavy (non-hydrogen) atoms. The molecule has 4 nitrogen and oxygen atoms in total. The third-order valence-corrected chi connectivity index (χ3v) is 4.49. The van der Waals surface area contributed by atoms with Crippen LogP contribution in [0.25, 0.3) is 10.9 Å². The number of fused-ring (bicyclic) bond motifs is 2. The molecule has 0 saturated carbocycles. The van der Waals surface area contributed by atoms with Crippen molar-refractivity contribution >= 4 is 34.1 Å². The van der Waals surface area contributed by atoms with Gasteiger partial charge in [-0.1, -0.05) is 11.6 Å². The Bertz CT molecular complexity index is 687. The summed E-state index contributed by atoms with van der Waals surface area (Å²) in [4.78, 5) is 18.1. The van der Waals surface area contributed by atoms with Crippen LogP contribution in [-0.2, 0) is 4.79 Å². The second kappa shape index (κ2) is 4.35. The maximum Gasteiger partial charge on any atom is 0.220 e. The van der Waals surface area contributed by atoms with Crippen molar-refractivity contribution in [3.63, 3.8) is 0 Å². The summed E-state index contributed by atoms with van der Waals surface area (Å²) < 4.78 is 0. The highest BCUT2D eigenvalue weighted by atomic mass is 35.5. The number of benzene rings is 1. The minimum atomic E-state index is 0.183. The lowest BCUT2D eigenvalue weighted by Crippen LogP contribution is -2.32. The summed E-state index contributed by atoms with van der Waals surface area (Å²) >= 11 is 6.11. The number of halogens is 1. The largest absolute Gasteiger partial charge is 0.368 e. The zero-order chi connectivity index (χ0) is 13.7. The molecule has 1 N–H and O–H groups in total. The van der Waals surface area contributed by atoms with Gasteiger partial charge in [-0.2, -0.15) is 0 Å². The summed E-state index contributed by atoms with van der Waals surface area (Å²) in [5.41, 5.74) is 2.11. The number of anilines is 1. The lowest BCUT2D eigenvalue weighted by atomic mass is 10.1. The van der Waals surface area contributed by atoms with E-state index < -0.39 is 0 Å². The van der Waals surface area contributed by atoms with Gasteiger partial charge < -0.3 is 10.2 Å². The summed E-state index contributed by atoms with van der Waals surface area (Å²) in [5, 5.41) is 4.85. The van der Waals surface area contributed by atoms with Crippen molar-refractivity contribution in [1.29, 1.82) is 0 Å². The van der Waals surface area contributed by atoms with Gasteiger partial charge in [-0.3, -0.25) is 9.78 Å². The molecule has 0 spiro atoms. The van der Waals surface area contributed by atoms with Crippen LogP contribution in [0.4, 0.5) is 5.69 Å². The minimum absolute atomic E-state index is 0.183. The first kappa shape index (κ1) is 12.0. The summed E-state index contributed by atoms with van der Waals surface area (Å²) in [6.45, 7) is 1.77. The lowest BCUT2D eigenvalue weighted by molar-refractivity contribution is -0.119. The number of hydrogen-bond donors (Lipinski definition) is 1. The predicted molar refractivity (Wildman–Crippen MR) is 79.0 cm³/mol. The van der Waals surface area contributed by atoms with Gasteiger partial charge >= 0.3 is 0 Å². The molecule has 2 fully saturated rings. The molecule has 1 aromatic carbocycles. The van der Waals surface area contributed by atoms with Gasteiger partial charge in [0, 0.05) is 47.7 Å². The van der Waals surface area contributed by atoms with Crippen molar-refractivity contribution in [3.05, 3.63) is 35.5 Å². The van der Waals surface area contributed by atoms with Crippen molar-refractivity contribution in [1.82, 2.24) is 10.3 Å². The van der Waals surface area contributed by atoms with Gasteiger partial charge in [0.15, 0.2) is 0 Å². The fraction of sp³-hybridized carbons (Fsp3) is 0.333. The lowest BCUT2D eigenvalue weighted by Gasteiger charge is -2.21. The van der Waals surface area contributed by atoms with Crippen LogP contribution in [0.5, 0.6) is 0 Å². The third kappa shape index (κ3) is 1.83. The van der Waals surface area contributed by atoms with Gasteiger partial charge in [-0.15, -0.1) is 0 Å². The highest BCUT2D eigenvalue weighted by molar-refractivity contribution is 6.31. The second-order valence-electron chi connectivity index (χ2n) is 5.53. The number of aromatic nitrogens is 1.